The van der Waals surface area contributed by atoms with Crippen molar-refractivity contribution in [3.8, 4) is 50.2 Å². The minimum Gasteiger partial charge on any atom is -0.311 e. The SMILES string of the molecule is CCC(C)c1ccc(-c2ccc3c(c2)c2cc(-c4ccc(N(c5ccccc5)c5ccc(-c6ccccc6)cc5)cc4)ccc2n3-c2ccc3c(c2)C(C)(C)c2ccccc2-3)cc1. The molecular weight excluding hydrogens is 761 g/mol. The van der Waals surface area contributed by atoms with Gasteiger partial charge in [-0.2, -0.15) is 0 Å². The van der Waals surface area contributed by atoms with Gasteiger partial charge in [-0.05, 0) is 146 Å². The van der Waals surface area contributed by atoms with Crippen molar-refractivity contribution in [2.45, 2.75) is 45.4 Å². The van der Waals surface area contributed by atoms with Gasteiger partial charge in [-0.25, -0.2) is 0 Å². The van der Waals surface area contributed by atoms with Crippen molar-refractivity contribution in [2.24, 2.45) is 0 Å². The Labute approximate surface area is 371 Å². The van der Waals surface area contributed by atoms with Crippen molar-refractivity contribution in [2.75, 3.05) is 4.90 Å². The Bertz CT molecular complexity index is 3260. The molecule has 1 heterocycles. The molecule has 11 rings (SSSR count). The standard InChI is InChI=1S/C61H50N2/c1-5-41(2)42-20-22-45(23-21-42)47-28-36-59-55(38-47)56-39-48(29-37-60(56)63(59)52-34-35-54-53-18-12-13-19-57(53)61(3,4)58(54)40-52)46-26-32-51(33-27-46)62(49-16-10-7-11-17-49)50-30-24-44(25-31-50)43-14-8-6-9-15-43/h6-41H,5H2,1-4H3. The molecule has 10 aromatic rings. The van der Waals surface area contributed by atoms with Crippen LogP contribution in [-0.2, 0) is 5.41 Å². The van der Waals surface area contributed by atoms with Crippen molar-refractivity contribution >= 4 is 38.9 Å². The minimum absolute atomic E-state index is 0.0870. The van der Waals surface area contributed by atoms with Crippen LogP contribution in [0.15, 0.2) is 212 Å². The first-order valence-corrected chi connectivity index (χ1v) is 22.4. The zero-order valence-electron chi connectivity index (χ0n) is 36.4. The molecule has 0 saturated heterocycles. The summed E-state index contributed by atoms with van der Waals surface area (Å²) < 4.78 is 2.48. The Hall–Kier alpha value is -7.42. The fraction of sp³-hybridized carbons (Fsp3) is 0.115. The molecular formula is C61H50N2. The quantitative estimate of drug-likeness (QED) is 0.141. The van der Waals surface area contributed by atoms with E-state index in [4.69, 9.17) is 0 Å². The molecule has 1 unspecified atom stereocenters. The van der Waals surface area contributed by atoms with E-state index in [-0.39, 0.29) is 5.41 Å². The summed E-state index contributed by atoms with van der Waals surface area (Å²) in [5.74, 6) is 0.546. The second-order valence-electron chi connectivity index (χ2n) is 17.8. The van der Waals surface area contributed by atoms with Crippen LogP contribution >= 0.6 is 0 Å². The van der Waals surface area contributed by atoms with E-state index in [1.54, 1.807) is 0 Å². The molecule has 2 nitrogen and oxygen atoms in total. The summed E-state index contributed by atoms with van der Waals surface area (Å²) in [7, 11) is 0. The van der Waals surface area contributed by atoms with Gasteiger partial charge in [-0.15, -0.1) is 0 Å². The average Bonchev–Trinajstić information content (AvgIpc) is 3.79. The highest BCUT2D eigenvalue weighted by Gasteiger charge is 2.35. The summed E-state index contributed by atoms with van der Waals surface area (Å²) in [6, 6.07) is 78.5. The van der Waals surface area contributed by atoms with Gasteiger partial charge >= 0.3 is 0 Å². The van der Waals surface area contributed by atoms with Crippen molar-refractivity contribution in [3.63, 3.8) is 0 Å². The number of anilines is 3. The minimum atomic E-state index is -0.0870. The lowest BCUT2D eigenvalue weighted by Gasteiger charge is -2.26. The summed E-state index contributed by atoms with van der Waals surface area (Å²) >= 11 is 0. The summed E-state index contributed by atoms with van der Waals surface area (Å²) in [5.41, 5.74) is 21.0. The Morgan fingerprint density at radius 2 is 0.889 bits per heavy atom. The summed E-state index contributed by atoms with van der Waals surface area (Å²) in [4.78, 5) is 2.34. The molecule has 0 amide bonds. The second-order valence-corrected chi connectivity index (χ2v) is 17.8. The van der Waals surface area contributed by atoms with Crippen LogP contribution in [0.5, 0.6) is 0 Å². The highest BCUT2D eigenvalue weighted by atomic mass is 15.1. The molecule has 0 aliphatic heterocycles. The van der Waals surface area contributed by atoms with Crippen LogP contribution in [0.3, 0.4) is 0 Å². The third-order valence-corrected chi connectivity index (χ3v) is 13.7. The number of para-hydroxylation sites is 1. The monoisotopic (exact) mass is 810 g/mol. The number of aromatic nitrogens is 1. The predicted octanol–water partition coefficient (Wildman–Crippen LogP) is 17.1. The summed E-state index contributed by atoms with van der Waals surface area (Å²) in [6.45, 7) is 9.30. The number of hydrogen-bond donors (Lipinski definition) is 0. The number of rotatable bonds is 9. The van der Waals surface area contributed by atoms with E-state index < -0.39 is 0 Å². The van der Waals surface area contributed by atoms with E-state index in [1.165, 1.54) is 88.7 Å². The molecule has 0 radical (unpaired) electrons. The lowest BCUT2D eigenvalue weighted by Crippen LogP contribution is -2.15. The van der Waals surface area contributed by atoms with Crippen LogP contribution in [0.25, 0.3) is 72.0 Å². The molecule has 1 aliphatic carbocycles. The first-order chi connectivity index (χ1) is 30.9. The molecule has 1 atom stereocenters. The second kappa shape index (κ2) is 15.5. The third-order valence-electron chi connectivity index (χ3n) is 13.7. The summed E-state index contributed by atoms with van der Waals surface area (Å²) in [6.07, 6.45) is 1.14. The van der Waals surface area contributed by atoms with E-state index in [1.807, 2.05) is 0 Å². The van der Waals surface area contributed by atoms with Gasteiger partial charge in [-0.3, -0.25) is 0 Å². The van der Waals surface area contributed by atoms with Crippen LogP contribution in [0.4, 0.5) is 17.1 Å². The lowest BCUT2D eigenvalue weighted by atomic mass is 9.82. The fourth-order valence-corrected chi connectivity index (χ4v) is 9.99. The van der Waals surface area contributed by atoms with E-state index in [0.29, 0.717) is 5.92 Å². The largest absolute Gasteiger partial charge is 0.311 e. The lowest BCUT2D eigenvalue weighted by molar-refractivity contribution is 0.660. The van der Waals surface area contributed by atoms with E-state index >= 15 is 0 Å². The normalized spacial score (nSPS) is 13.2. The Morgan fingerprint density at radius 1 is 0.429 bits per heavy atom. The van der Waals surface area contributed by atoms with Crippen LogP contribution < -0.4 is 4.90 Å². The maximum atomic E-state index is 2.48. The number of fused-ring (bicyclic) bond motifs is 6. The molecule has 9 aromatic carbocycles. The average molecular weight is 811 g/mol. The van der Waals surface area contributed by atoms with Crippen LogP contribution in [0, 0.1) is 0 Å². The van der Waals surface area contributed by atoms with Gasteiger partial charge in [0.15, 0.2) is 0 Å². The van der Waals surface area contributed by atoms with Gasteiger partial charge in [0, 0.05) is 38.9 Å². The molecule has 0 saturated carbocycles. The third kappa shape index (κ3) is 6.65. The first kappa shape index (κ1) is 38.5. The van der Waals surface area contributed by atoms with Crippen molar-refractivity contribution in [3.05, 3.63) is 229 Å². The van der Waals surface area contributed by atoms with Crippen LogP contribution in [0.2, 0.25) is 0 Å². The molecule has 1 aromatic heterocycles. The van der Waals surface area contributed by atoms with Crippen LogP contribution in [0.1, 0.15) is 56.7 Å². The highest BCUT2D eigenvalue weighted by Crippen LogP contribution is 2.50. The number of nitrogens with zero attached hydrogens (tertiary/aromatic N) is 2. The van der Waals surface area contributed by atoms with Crippen molar-refractivity contribution in [1.82, 2.24) is 4.57 Å². The van der Waals surface area contributed by atoms with E-state index in [0.717, 1.165) is 23.5 Å². The van der Waals surface area contributed by atoms with Gasteiger partial charge in [0.1, 0.15) is 0 Å². The molecule has 2 heteroatoms. The maximum Gasteiger partial charge on any atom is 0.0541 e. The molecule has 304 valence electrons. The molecule has 0 spiro atoms. The zero-order valence-corrected chi connectivity index (χ0v) is 36.4. The topological polar surface area (TPSA) is 8.17 Å². The van der Waals surface area contributed by atoms with Gasteiger partial charge < -0.3 is 9.47 Å². The molecule has 0 fully saturated rings. The van der Waals surface area contributed by atoms with Crippen molar-refractivity contribution < 1.29 is 0 Å². The first-order valence-electron chi connectivity index (χ1n) is 22.4. The maximum absolute atomic E-state index is 2.48. The van der Waals surface area contributed by atoms with Crippen molar-refractivity contribution in [1.29, 1.82) is 0 Å². The van der Waals surface area contributed by atoms with Gasteiger partial charge in [0.05, 0.1) is 11.0 Å². The Morgan fingerprint density at radius 3 is 1.48 bits per heavy atom. The van der Waals surface area contributed by atoms with Gasteiger partial charge in [0.25, 0.3) is 0 Å². The van der Waals surface area contributed by atoms with Gasteiger partial charge in [0.2, 0.25) is 0 Å². The molecule has 63 heavy (non-hydrogen) atoms. The Balaban J connectivity index is 1.02. The number of hydrogen-bond acceptors (Lipinski definition) is 1. The summed E-state index contributed by atoms with van der Waals surface area (Å²) in [5, 5.41) is 2.50. The fourth-order valence-electron chi connectivity index (χ4n) is 9.99. The number of benzene rings is 9. The Kier molecular flexibility index (Phi) is 9.46. The van der Waals surface area contributed by atoms with Gasteiger partial charge in [-0.1, -0.05) is 167 Å². The smallest absolute Gasteiger partial charge is 0.0541 e. The van der Waals surface area contributed by atoms with Crippen LogP contribution in [-0.4, -0.2) is 4.57 Å². The molecule has 0 N–H and O–H groups in total. The van der Waals surface area contributed by atoms with E-state index in [9.17, 15) is 0 Å². The predicted molar refractivity (Wildman–Crippen MR) is 268 cm³/mol. The van der Waals surface area contributed by atoms with E-state index in [2.05, 4.69) is 249 Å². The molecule has 0 bridgehead atoms. The molecule has 1 aliphatic rings. The zero-order chi connectivity index (χ0) is 42.7. The highest BCUT2D eigenvalue weighted by molar-refractivity contribution is 6.11.